The summed E-state index contributed by atoms with van der Waals surface area (Å²) in [5.74, 6) is -1.28. The summed E-state index contributed by atoms with van der Waals surface area (Å²) in [5.41, 5.74) is 0.782. The Morgan fingerprint density at radius 3 is 1.92 bits per heavy atom. The van der Waals surface area contributed by atoms with Crippen LogP contribution in [-0.2, 0) is 14.3 Å². The van der Waals surface area contributed by atoms with Crippen molar-refractivity contribution in [2.24, 2.45) is 0 Å². The number of carbonyl (C=O) groups excluding carboxylic acids is 3. The van der Waals surface area contributed by atoms with E-state index in [1.807, 2.05) is 0 Å². The Hall–Kier alpha value is -2.25. The number of hydrogen-bond acceptors (Lipinski definition) is 7. The zero-order valence-corrected chi connectivity index (χ0v) is 14.3. The maximum absolute atomic E-state index is 12.5. The van der Waals surface area contributed by atoms with Gasteiger partial charge in [0.2, 0.25) is 0 Å². The van der Waals surface area contributed by atoms with E-state index in [1.54, 1.807) is 12.1 Å². The molecule has 0 radical (unpaired) electrons. The molecular weight excluding hydrogens is 324 g/mol. The van der Waals surface area contributed by atoms with Gasteiger partial charge in [-0.15, -0.1) is 0 Å². The molecule has 0 amide bonds. The Morgan fingerprint density at radius 2 is 1.44 bits per heavy atom. The van der Waals surface area contributed by atoms with Gasteiger partial charge in [-0.3, -0.25) is 9.59 Å². The highest BCUT2D eigenvalue weighted by atomic mass is 16.8. The summed E-state index contributed by atoms with van der Waals surface area (Å²) in [6, 6.07) is 4.67. The molecule has 1 heterocycles. The van der Waals surface area contributed by atoms with Gasteiger partial charge in [0.25, 0.3) is 0 Å². The predicted octanol–water partition coefficient (Wildman–Crippen LogP) is 1.72. The molecule has 2 aliphatic rings. The van der Waals surface area contributed by atoms with Crippen LogP contribution in [0.1, 0.15) is 60.2 Å². The van der Waals surface area contributed by atoms with E-state index in [-0.39, 0.29) is 23.4 Å². The summed E-state index contributed by atoms with van der Waals surface area (Å²) in [5, 5.41) is 6.23. The highest BCUT2D eigenvalue weighted by Crippen LogP contribution is 2.29. The zero-order valence-electron chi connectivity index (χ0n) is 14.3. The maximum Gasteiger partial charge on any atom is 0.386 e. The molecule has 0 unspecified atom stereocenters. The third-order valence-corrected chi connectivity index (χ3v) is 4.57. The van der Waals surface area contributed by atoms with Crippen molar-refractivity contribution in [2.45, 2.75) is 57.6 Å². The lowest BCUT2D eigenvalue weighted by molar-refractivity contribution is -0.226. The molecule has 1 aliphatic heterocycles. The number of carbonyl (C=O) groups is 3. The van der Waals surface area contributed by atoms with Crippen LogP contribution in [0.25, 0.3) is 0 Å². The second kappa shape index (κ2) is 6.93. The van der Waals surface area contributed by atoms with Gasteiger partial charge in [0, 0.05) is 24.6 Å². The summed E-state index contributed by atoms with van der Waals surface area (Å²) < 4.78 is 10.8. The van der Waals surface area contributed by atoms with Crippen molar-refractivity contribution in [2.75, 3.05) is 0 Å². The topological polar surface area (TPSA) is 93.7 Å². The summed E-state index contributed by atoms with van der Waals surface area (Å²) in [6.45, 7) is 2.72. The van der Waals surface area contributed by atoms with Crippen molar-refractivity contribution in [3.8, 4) is 0 Å². The van der Waals surface area contributed by atoms with Crippen molar-refractivity contribution in [1.82, 2.24) is 10.6 Å². The molecule has 7 nitrogen and oxygen atoms in total. The smallest absolute Gasteiger partial charge is 0.386 e. The van der Waals surface area contributed by atoms with E-state index in [4.69, 9.17) is 9.47 Å². The van der Waals surface area contributed by atoms with E-state index in [2.05, 4.69) is 10.6 Å². The molecule has 1 saturated heterocycles. The van der Waals surface area contributed by atoms with E-state index in [0.717, 1.165) is 25.7 Å². The molecule has 1 aliphatic carbocycles. The number of ether oxygens (including phenoxy) is 2. The van der Waals surface area contributed by atoms with Gasteiger partial charge in [-0.05, 0) is 31.9 Å². The largest absolute Gasteiger partial charge is 0.395 e. The Balaban J connectivity index is 1.77. The second-order valence-electron chi connectivity index (χ2n) is 6.52. The van der Waals surface area contributed by atoms with Crippen LogP contribution < -0.4 is 10.6 Å². The molecule has 0 aromatic heterocycles. The molecule has 7 heteroatoms. The lowest BCUT2D eigenvalue weighted by Crippen LogP contribution is -2.57. The summed E-state index contributed by atoms with van der Waals surface area (Å²) in [6.07, 6.45) is 4.00. The van der Waals surface area contributed by atoms with Crippen LogP contribution in [0.5, 0.6) is 0 Å². The number of nitrogens with one attached hydrogen (secondary N) is 2. The van der Waals surface area contributed by atoms with Crippen molar-refractivity contribution < 1.29 is 23.9 Å². The standard InChI is InChI=1S/C18H22N2O5/c1-11(21)13-7-9-14(10-8-13)17(23)25-18(24-12(2)22)19-15-5-3-4-6-16(15)20-18/h7-10,15-16,19-20H,3-6H2,1-2H3/t15-,16-/m1/s1. The van der Waals surface area contributed by atoms with Gasteiger partial charge in [0.1, 0.15) is 0 Å². The number of rotatable bonds is 4. The fourth-order valence-electron chi connectivity index (χ4n) is 3.38. The van der Waals surface area contributed by atoms with E-state index < -0.39 is 18.0 Å². The van der Waals surface area contributed by atoms with Crippen LogP contribution in [-0.4, -0.2) is 35.8 Å². The van der Waals surface area contributed by atoms with Crippen LogP contribution >= 0.6 is 0 Å². The van der Waals surface area contributed by atoms with Gasteiger partial charge < -0.3 is 9.47 Å². The molecule has 134 valence electrons. The number of hydrogen-bond donors (Lipinski definition) is 2. The quantitative estimate of drug-likeness (QED) is 0.487. The number of Topliss-reactive ketones (excluding diaryl/α,β-unsaturated/α-hetero) is 1. The first-order valence-electron chi connectivity index (χ1n) is 8.48. The molecule has 2 atom stereocenters. The number of ketones is 1. The molecule has 1 saturated carbocycles. The Bertz CT molecular complexity index is 671. The van der Waals surface area contributed by atoms with Crippen LogP contribution in [0.4, 0.5) is 0 Å². The average molecular weight is 346 g/mol. The van der Waals surface area contributed by atoms with Crippen LogP contribution in [0.15, 0.2) is 24.3 Å². The van der Waals surface area contributed by atoms with Crippen molar-refractivity contribution in [3.63, 3.8) is 0 Å². The van der Waals surface area contributed by atoms with Crippen LogP contribution in [0, 0.1) is 0 Å². The SMILES string of the molecule is CC(=O)OC1(OC(=O)c2ccc(C(C)=O)cc2)N[C@@H]2CCCC[C@H]2N1. The molecular formula is C18H22N2O5. The van der Waals surface area contributed by atoms with Gasteiger partial charge in [-0.2, -0.15) is 0 Å². The molecule has 25 heavy (non-hydrogen) atoms. The van der Waals surface area contributed by atoms with Crippen molar-refractivity contribution in [3.05, 3.63) is 35.4 Å². The first kappa shape index (κ1) is 17.6. The fourth-order valence-corrected chi connectivity index (χ4v) is 3.38. The lowest BCUT2D eigenvalue weighted by atomic mass is 9.92. The van der Waals surface area contributed by atoms with Crippen LogP contribution in [0.3, 0.4) is 0 Å². The van der Waals surface area contributed by atoms with Crippen molar-refractivity contribution >= 4 is 17.7 Å². The van der Waals surface area contributed by atoms with Gasteiger partial charge in [-0.25, -0.2) is 15.4 Å². The minimum atomic E-state index is -1.65. The molecule has 0 bridgehead atoms. The number of benzene rings is 1. The van der Waals surface area contributed by atoms with Gasteiger partial charge in [0.05, 0.1) is 5.56 Å². The third-order valence-electron chi connectivity index (χ3n) is 4.57. The Morgan fingerprint density at radius 1 is 0.920 bits per heavy atom. The molecule has 1 aromatic carbocycles. The average Bonchev–Trinajstić information content (AvgIpc) is 2.91. The second-order valence-corrected chi connectivity index (χ2v) is 6.52. The summed E-state index contributed by atoms with van der Waals surface area (Å²) in [7, 11) is 0. The first-order chi connectivity index (χ1) is 11.9. The molecule has 1 aromatic rings. The number of fused-ring (bicyclic) bond motifs is 1. The van der Waals surface area contributed by atoms with Gasteiger partial charge in [0.15, 0.2) is 5.78 Å². The fraction of sp³-hybridized carbons (Fsp3) is 0.500. The van der Waals surface area contributed by atoms with E-state index in [0.29, 0.717) is 5.56 Å². The van der Waals surface area contributed by atoms with E-state index in [9.17, 15) is 14.4 Å². The molecule has 2 fully saturated rings. The minimum Gasteiger partial charge on any atom is -0.395 e. The predicted molar refractivity (Wildman–Crippen MR) is 88.7 cm³/mol. The highest BCUT2D eigenvalue weighted by molar-refractivity contribution is 5.96. The summed E-state index contributed by atoms with van der Waals surface area (Å²) >= 11 is 0. The third kappa shape index (κ3) is 3.88. The van der Waals surface area contributed by atoms with E-state index in [1.165, 1.54) is 26.0 Å². The van der Waals surface area contributed by atoms with Crippen molar-refractivity contribution in [1.29, 1.82) is 0 Å². The van der Waals surface area contributed by atoms with E-state index >= 15 is 0 Å². The zero-order chi connectivity index (χ0) is 18.0. The van der Waals surface area contributed by atoms with Crippen LogP contribution in [0.2, 0.25) is 0 Å². The minimum absolute atomic E-state index is 0.0838. The Labute approximate surface area is 146 Å². The maximum atomic E-state index is 12.5. The molecule has 0 spiro atoms. The first-order valence-corrected chi connectivity index (χ1v) is 8.48. The Kier molecular flexibility index (Phi) is 4.87. The monoisotopic (exact) mass is 346 g/mol. The van der Waals surface area contributed by atoms with Gasteiger partial charge in [-0.1, -0.05) is 25.0 Å². The normalized spacial score (nSPS) is 24.2. The van der Waals surface area contributed by atoms with Gasteiger partial charge >= 0.3 is 18.0 Å². The number of esters is 2. The lowest BCUT2D eigenvalue weighted by Gasteiger charge is -2.28. The summed E-state index contributed by atoms with van der Waals surface area (Å²) in [4.78, 5) is 35.3. The molecule has 2 N–H and O–H groups in total. The molecule has 3 rings (SSSR count). The highest BCUT2D eigenvalue weighted by Gasteiger charge is 2.51.